The molecule has 0 bridgehead atoms. The molecular formula is C21H17FN2O4S. The molecule has 3 aromatic rings. The van der Waals surface area contributed by atoms with E-state index in [0.717, 1.165) is 11.3 Å². The number of rotatable bonds is 3. The summed E-state index contributed by atoms with van der Waals surface area (Å²) >= 11 is 1.12. The summed E-state index contributed by atoms with van der Waals surface area (Å²) in [6, 6.07) is 11.5. The van der Waals surface area contributed by atoms with Crippen LogP contribution in [-0.2, 0) is 14.3 Å². The largest absolute Gasteiger partial charge is 0.448 e. The summed E-state index contributed by atoms with van der Waals surface area (Å²) < 4.78 is 20.1. The van der Waals surface area contributed by atoms with Crippen molar-refractivity contribution in [3.63, 3.8) is 0 Å². The van der Waals surface area contributed by atoms with E-state index in [1.807, 2.05) is 0 Å². The molecule has 0 spiro atoms. The first-order valence-corrected chi connectivity index (χ1v) is 9.77. The highest BCUT2D eigenvalue weighted by Gasteiger charge is 2.32. The molecule has 1 atom stereocenters. The van der Waals surface area contributed by atoms with E-state index >= 15 is 0 Å². The second-order valence-electron chi connectivity index (χ2n) is 6.71. The molecular weight excluding hydrogens is 395 g/mol. The van der Waals surface area contributed by atoms with Gasteiger partial charge in [-0.3, -0.25) is 14.5 Å². The Bertz CT molecular complexity index is 1160. The minimum atomic E-state index is -1.11. The molecule has 1 aromatic heterocycles. The van der Waals surface area contributed by atoms with Gasteiger partial charge >= 0.3 is 5.97 Å². The minimum Gasteiger partial charge on any atom is -0.448 e. The lowest BCUT2D eigenvalue weighted by atomic mass is 10.1. The standard InChI is InChI=1S/C21H17FN2O4S/c1-11-18-13(22)6-5-9-16(18)29-19(11)21(27)28-12(2)20(26)24-10-17(25)23-14-7-3-4-8-15(14)24/h3-9,12H,10H2,1-2H3,(H,23,25)/t12-/m0/s1. The van der Waals surface area contributed by atoms with Crippen LogP contribution in [0.2, 0.25) is 0 Å². The van der Waals surface area contributed by atoms with Crippen LogP contribution in [-0.4, -0.2) is 30.4 Å². The van der Waals surface area contributed by atoms with Crippen molar-refractivity contribution in [2.24, 2.45) is 0 Å². The fourth-order valence-electron chi connectivity index (χ4n) is 3.36. The Morgan fingerprint density at radius 2 is 1.97 bits per heavy atom. The Balaban J connectivity index is 1.57. The first-order chi connectivity index (χ1) is 13.9. The number of thiophene rings is 1. The van der Waals surface area contributed by atoms with Crippen molar-refractivity contribution in [2.75, 3.05) is 16.8 Å². The molecule has 29 heavy (non-hydrogen) atoms. The summed E-state index contributed by atoms with van der Waals surface area (Å²) in [6.07, 6.45) is -1.11. The van der Waals surface area contributed by atoms with Gasteiger partial charge in [-0.25, -0.2) is 9.18 Å². The van der Waals surface area contributed by atoms with Crippen LogP contribution in [0.5, 0.6) is 0 Å². The summed E-state index contributed by atoms with van der Waals surface area (Å²) in [6.45, 7) is 2.94. The van der Waals surface area contributed by atoms with Gasteiger partial charge < -0.3 is 10.1 Å². The zero-order valence-corrected chi connectivity index (χ0v) is 16.5. The number of carbonyl (C=O) groups is 3. The van der Waals surface area contributed by atoms with Crippen LogP contribution >= 0.6 is 11.3 Å². The second-order valence-corrected chi connectivity index (χ2v) is 7.76. The van der Waals surface area contributed by atoms with E-state index in [1.54, 1.807) is 43.3 Å². The average Bonchev–Trinajstić information content (AvgIpc) is 3.04. The van der Waals surface area contributed by atoms with Gasteiger partial charge in [0.1, 0.15) is 17.2 Å². The maximum Gasteiger partial charge on any atom is 0.349 e. The van der Waals surface area contributed by atoms with E-state index in [1.165, 1.54) is 17.9 Å². The first kappa shape index (κ1) is 19.1. The molecule has 0 aliphatic carbocycles. The molecule has 2 aromatic carbocycles. The highest BCUT2D eigenvalue weighted by Crippen LogP contribution is 2.34. The van der Waals surface area contributed by atoms with E-state index < -0.39 is 23.8 Å². The van der Waals surface area contributed by atoms with E-state index in [9.17, 15) is 18.8 Å². The van der Waals surface area contributed by atoms with Crippen molar-refractivity contribution >= 4 is 50.6 Å². The van der Waals surface area contributed by atoms with Crippen molar-refractivity contribution in [3.05, 3.63) is 58.7 Å². The Kier molecular flexibility index (Phi) is 4.79. The highest BCUT2D eigenvalue weighted by molar-refractivity contribution is 7.21. The minimum absolute atomic E-state index is 0.162. The van der Waals surface area contributed by atoms with E-state index in [-0.39, 0.29) is 17.3 Å². The Morgan fingerprint density at radius 1 is 1.21 bits per heavy atom. The molecule has 8 heteroatoms. The number of hydrogen-bond donors (Lipinski definition) is 1. The molecule has 0 saturated heterocycles. The lowest BCUT2D eigenvalue weighted by molar-refractivity contribution is -0.128. The smallest absolute Gasteiger partial charge is 0.349 e. The maximum atomic E-state index is 14.1. The fraction of sp³-hybridized carbons (Fsp3) is 0.190. The van der Waals surface area contributed by atoms with E-state index in [0.29, 0.717) is 27.0 Å². The molecule has 1 aliphatic heterocycles. The van der Waals surface area contributed by atoms with E-state index in [2.05, 4.69) is 5.32 Å². The van der Waals surface area contributed by atoms with Gasteiger partial charge in [0.05, 0.1) is 11.4 Å². The van der Waals surface area contributed by atoms with E-state index in [4.69, 9.17) is 4.74 Å². The molecule has 0 unspecified atom stereocenters. The predicted molar refractivity (Wildman–Crippen MR) is 109 cm³/mol. The number of amides is 2. The van der Waals surface area contributed by atoms with Crippen molar-refractivity contribution in [3.8, 4) is 0 Å². The molecule has 0 fully saturated rings. The van der Waals surface area contributed by atoms with Gasteiger partial charge in [0.15, 0.2) is 6.10 Å². The normalized spacial score (nSPS) is 14.3. The summed E-state index contributed by atoms with van der Waals surface area (Å²) in [7, 11) is 0. The lowest BCUT2D eigenvalue weighted by Crippen LogP contribution is -2.47. The second kappa shape index (κ2) is 7.29. The Hall–Kier alpha value is -3.26. The van der Waals surface area contributed by atoms with Crippen molar-refractivity contribution in [2.45, 2.75) is 20.0 Å². The van der Waals surface area contributed by atoms with Gasteiger partial charge in [0.2, 0.25) is 5.91 Å². The van der Waals surface area contributed by atoms with Crippen LogP contribution in [0.3, 0.4) is 0 Å². The Labute approximate surface area is 169 Å². The topological polar surface area (TPSA) is 75.7 Å². The monoisotopic (exact) mass is 412 g/mol. The number of anilines is 2. The number of esters is 1. The SMILES string of the molecule is Cc1c(C(=O)O[C@@H](C)C(=O)N2CC(=O)Nc3ccccc32)sc2cccc(F)c12. The van der Waals surface area contributed by atoms with Gasteiger partial charge in [-0.1, -0.05) is 18.2 Å². The molecule has 4 rings (SSSR count). The van der Waals surface area contributed by atoms with Gasteiger partial charge in [-0.2, -0.15) is 0 Å². The van der Waals surface area contributed by atoms with Gasteiger partial charge in [-0.15, -0.1) is 11.3 Å². The molecule has 0 saturated carbocycles. The van der Waals surface area contributed by atoms with Crippen molar-refractivity contribution in [1.29, 1.82) is 0 Å². The third-order valence-electron chi connectivity index (χ3n) is 4.76. The van der Waals surface area contributed by atoms with Crippen LogP contribution in [0, 0.1) is 12.7 Å². The summed E-state index contributed by atoms with van der Waals surface area (Å²) in [4.78, 5) is 39.0. The summed E-state index contributed by atoms with van der Waals surface area (Å²) in [5.74, 6) is -1.94. The van der Waals surface area contributed by atoms with Crippen LogP contribution in [0.1, 0.15) is 22.2 Å². The quantitative estimate of drug-likeness (QED) is 0.663. The molecule has 2 heterocycles. The third kappa shape index (κ3) is 3.36. The number of halogens is 1. The van der Waals surface area contributed by atoms with Crippen LogP contribution in [0.15, 0.2) is 42.5 Å². The summed E-state index contributed by atoms with van der Waals surface area (Å²) in [5.41, 5.74) is 1.54. The van der Waals surface area contributed by atoms with Crippen molar-refractivity contribution < 1.29 is 23.5 Å². The number of nitrogens with one attached hydrogen (secondary N) is 1. The third-order valence-corrected chi connectivity index (χ3v) is 5.99. The maximum absolute atomic E-state index is 14.1. The molecule has 148 valence electrons. The number of fused-ring (bicyclic) bond motifs is 2. The number of hydrogen-bond acceptors (Lipinski definition) is 5. The average molecular weight is 412 g/mol. The zero-order valence-electron chi connectivity index (χ0n) is 15.7. The lowest BCUT2D eigenvalue weighted by Gasteiger charge is -2.30. The Morgan fingerprint density at radius 3 is 2.72 bits per heavy atom. The molecule has 1 aliphatic rings. The van der Waals surface area contributed by atoms with Crippen LogP contribution in [0.4, 0.5) is 15.8 Å². The summed E-state index contributed by atoms with van der Waals surface area (Å²) in [5, 5.41) is 3.08. The zero-order chi connectivity index (χ0) is 20.7. The molecule has 2 amide bonds. The predicted octanol–water partition coefficient (Wildman–Crippen LogP) is 3.88. The van der Waals surface area contributed by atoms with Crippen LogP contribution in [0.25, 0.3) is 10.1 Å². The molecule has 1 N–H and O–H groups in total. The molecule has 6 nitrogen and oxygen atoms in total. The number of carbonyl (C=O) groups excluding carboxylic acids is 3. The first-order valence-electron chi connectivity index (χ1n) is 8.95. The number of nitrogens with zero attached hydrogens (tertiary/aromatic N) is 1. The number of benzene rings is 2. The number of para-hydroxylation sites is 2. The van der Waals surface area contributed by atoms with Gasteiger partial charge in [0.25, 0.3) is 5.91 Å². The highest BCUT2D eigenvalue weighted by atomic mass is 32.1. The number of aryl methyl sites for hydroxylation is 1. The molecule has 0 radical (unpaired) electrons. The fourth-order valence-corrected chi connectivity index (χ4v) is 4.47. The van der Waals surface area contributed by atoms with Crippen molar-refractivity contribution in [1.82, 2.24) is 0 Å². The van der Waals surface area contributed by atoms with Gasteiger partial charge in [0, 0.05) is 10.1 Å². The number of ether oxygens (including phenoxy) is 1. The van der Waals surface area contributed by atoms with Crippen LogP contribution < -0.4 is 10.2 Å². The van der Waals surface area contributed by atoms with Gasteiger partial charge in [-0.05, 0) is 43.7 Å².